The molecule has 7 heteroatoms. The van der Waals surface area contributed by atoms with Crippen molar-refractivity contribution in [1.29, 1.82) is 0 Å². The summed E-state index contributed by atoms with van der Waals surface area (Å²) in [6, 6.07) is 4.07. The van der Waals surface area contributed by atoms with Crippen LogP contribution < -0.4 is 15.5 Å². The number of urea groups is 1. The molecule has 0 unspecified atom stereocenters. The van der Waals surface area contributed by atoms with E-state index in [1.165, 1.54) is 32.1 Å². The van der Waals surface area contributed by atoms with Crippen molar-refractivity contribution in [3.63, 3.8) is 0 Å². The van der Waals surface area contributed by atoms with Crippen LogP contribution in [0.15, 0.2) is 18.3 Å². The number of rotatable bonds is 6. The molecule has 2 saturated heterocycles. The van der Waals surface area contributed by atoms with Gasteiger partial charge in [-0.3, -0.25) is 4.90 Å². The largest absolute Gasteiger partial charge is 0.379 e. The molecule has 0 bridgehead atoms. The van der Waals surface area contributed by atoms with Gasteiger partial charge in [-0.25, -0.2) is 9.78 Å². The first-order valence-electron chi connectivity index (χ1n) is 12.2. The van der Waals surface area contributed by atoms with Crippen LogP contribution in [0.3, 0.4) is 0 Å². The quantitative estimate of drug-likeness (QED) is 0.727. The standard InChI is InChI=1S/C24H39N5O2/c1-20-7-11-28(12-8-20)22-6-5-21(17-25-22)18-26-23(30)27-19-24(9-3-2-4-10-24)29-13-15-31-16-14-29/h5-6,17,20H,2-4,7-16,18-19H2,1H3,(H2,26,27,30). The number of aromatic nitrogens is 1. The summed E-state index contributed by atoms with van der Waals surface area (Å²) in [5.41, 5.74) is 1.12. The molecular weight excluding hydrogens is 390 g/mol. The lowest BCUT2D eigenvalue weighted by Crippen LogP contribution is -2.60. The van der Waals surface area contributed by atoms with Gasteiger partial charge in [0.25, 0.3) is 0 Å². The number of piperidine rings is 1. The Morgan fingerprint density at radius 2 is 1.84 bits per heavy atom. The number of hydrogen-bond acceptors (Lipinski definition) is 5. The van der Waals surface area contributed by atoms with Crippen LogP contribution in [-0.2, 0) is 11.3 Å². The number of ether oxygens (including phenoxy) is 1. The predicted octanol–water partition coefficient (Wildman–Crippen LogP) is 3.15. The van der Waals surface area contributed by atoms with Gasteiger partial charge in [0.15, 0.2) is 0 Å². The molecule has 2 aliphatic heterocycles. The van der Waals surface area contributed by atoms with E-state index in [1.54, 1.807) is 0 Å². The smallest absolute Gasteiger partial charge is 0.315 e. The number of carbonyl (C=O) groups is 1. The van der Waals surface area contributed by atoms with Crippen molar-refractivity contribution < 1.29 is 9.53 Å². The van der Waals surface area contributed by atoms with Crippen molar-refractivity contribution in [2.45, 2.75) is 64.0 Å². The molecule has 3 fully saturated rings. The molecular formula is C24H39N5O2. The first-order chi connectivity index (χ1) is 15.1. The van der Waals surface area contributed by atoms with E-state index >= 15 is 0 Å². The van der Waals surface area contributed by atoms with Crippen LogP contribution in [0.25, 0.3) is 0 Å². The van der Waals surface area contributed by atoms with Crippen LogP contribution in [0.1, 0.15) is 57.4 Å². The van der Waals surface area contributed by atoms with E-state index in [2.05, 4.69) is 44.5 Å². The second-order valence-corrected chi connectivity index (χ2v) is 9.61. The number of morpholine rings is 1. The minimum Gasteiger partial charge on any atom is -0.379 e. The third-order valence-electron chi connectivity index (χ3n) is 7.41. The van der Waals surface area contributed by atoms with Gasteiger partial charge in [-0.05, 0) is 43.2 Å². The second kappa shape index (κ2) is 10.6. The van der Waals surface area contributed by atoms with Gasteiger partial charge in [0.1, 0.15) is 5.82 Å². The Balaban J connectivity index is 1.24. The molecule has 0 spiro atoms. The maximum absolute atomic E-state index is 12.5. The summed E-state index contributed by atoms with van der Waals surface area (Å²) in [5.74, 6) is 1.86. The minimum absolute atomic E-state index is 0.0905. The lowest BCUT2D eigenvalue weighted by Gasteiger charge is -2.48. The van der Waals surface area contributed by atoms with Crippen LogP contribution in [0.5, 0.6) is 0 Å². The fourth-order valence-corrected chi connectivity index (χ4v) is 5.29. The fraction of sp³-hybridized carbons (Fsp3) is 0.750. The Kier molecular flexibility index (Phi) is 7.67. The summed E-state index contributed by atoms with van der Waals surface area (Å²) in [7, 11) is 0. The highest BCUT2D eigenvalue weighted by molar-refractivity contribution is 5.73. The Morgan fingerprint density at radius 3 is 2.52 bits per heavy atom. The number of pyridine rings is 1. The van der Waals surface area contributed by atoms with Crippen molar-refractivity contribution in [2.24, 2.45) is 5.92 Å². The van der Waals surface area contributed by atoms with Gasteiger partial charge >= 0.3 is 6.03 Å². The maximum atomic E-state index is 12.5. The zero-order chi connectivity index (χ0) is 21.5. The van der Waals surface area contributed by atoms with Gasteiger partial charge in [0, 0.05) is 51.0 Å². The summed E-state index contributed by atoms with van der Waals surface area (Å²) in [5, 5.41) is 6.18. The van der Waals surface area contributed by atoms with E-state index in [9.17, 15) is 4.79 Å². The number of nitrogens with one attached hydrogen (secondary N) is 2. The second-order valence-electron chi connectivity index (χ2n) is 9.61. The maximum Gasteiger partial charge on any atom is 0.315 e. The molecule has 7 nitrogen and oxygen atoms in total. The average Bonchev–Trinajstić information content (AvgIpc) is 2.83. The first-order valence-corrected chi connectivity index (χ1v) is 12.2. The van der Waals surface area contributed by atoms with Crippen molar-refractivity contribution >= 4 is 11.8 Å². The molecule has 4 rings (SSSR count). The zero-order valence-electron chi connectivity index (χ0n) is 19.1. The zero-order valence-corrected chi connectivity index (χ0v) is 19.1. The molecule has 1 saturated carbocycles. The van der Waals surface area contributed by atoms with Gasteiger partial charge in [0.2, 0.25) is 0 Å². The lowest BCUT2D eigenvalue weighted by atomic mass is 9.80. The Labute approximate surface area is 186 Å². The van der Waals surface area contributed by atoms with Crippen LogP contribution >= 0.6 is 0 Å². The highest BCUT2D eigenvalue weighted by Gasteiger charge is 2.38. The molecule has 1 aliphatic carbocycles. The van der Waals surface area contributed by atoms with Crippen molar-refractivity contribution in [3.8, 4) is 0 Å². The molecule has 2 amide bonds. The van der Waals surface area contributed by atoms with Crippen molar-refractivity contribution in [3.05, 3.63) is 23.9 Å². The molecule has 0 atom stereocenters. The molecule has 31 heavy (non-hydrogen) atoms. The summed E-state index contributed by atoms with van der Waals surface area (Å²) in [6.45, 7) is 9.24. The molecule has 1 aromatic heterocycles. The SMILES string of the molecule is CC1CCN(c2ccc(CNC(=O)NCC3(N4CCOCC4)CCCCC3)cn2)CC1. The monoisotopic (exact) mass is 429 g/mol. The van der Waals surface area contributed by atoms with Crippen molar-refractivity contribution in [2.75, 3.05) is 50.8 Å². The number of hydrogen-bond donors (Lipinski definition) is 2. The molecule has 1 aromatic rings. The molecule has 0 radical (unpaired) electrons. The van der Waals surface area contributed by atoms with E-state index in [4.69, 9.17) is 4.74 Å². The number of carbonyl (C=O) groups excluding carboxylic acids is 1. The van der Waals surface area contributed by atoms with Crippen LogP contribution in [0.2, 0.25) is 0 Å². The third kappa shape index (κ3) is 5.89. The van der Waals surface area contributed by atoms with E-state index in [0.29, 0.717) is 13.1 Å². The topological polar surface area (TPSA) is 69.7 Å². The van der Waals surface area contributed by atoms with Gasteiger partial charge in [-0.1, -0.05) is 32.3 Å². The fourth-order valence-electron chi connectivity index (χ4n) is 5.29. The number of amides is 2. The third-order valence-corrected chi connectivity index (χ3v) is 7.41. The Hall–Kier alpha value is -1.86. The van der Waals surface area contributed by atoms with Crippen LogP contribution in [0, 0.1) is 5.92 Å². The molecule has 2 N–H and O–H groups in total. The minimum atomic E-state index is -0.0905. The predicted molar refractivity (Wildman–Crippen MR) is 123 cm³/mol. The Morgan fingerprint density at radius 1 is 1.10 bits per heavy atom. The van der Waals surface area contributed by atoms with E-state index < -0.39 is 0 Å². The van der Waals surface area contributed by atoms with Crippen LogP contribution in [-0.4, -0.2) is 67.4 Å². The summed E-state index contributed by atoms with van der Waals surface area (Å²) in [4.78, 5) is 22.1. The average molecular weight is 430 g/mol. The highest BCUT2D eigenvalue weighted by atomic mass is 16.5. The van der Waals surface area contributed by atoms with E-state index in [-0.39, 0.29) is 11.6 Å². The van der Waals surface area contributed by atoms with Gasteiger partial charge < -0.3 is 20.3 Å². The van der Waals surface area contributed by atoms with E-state index in [1.807, 2.05) is 6.20 Å². The highest BCUT2D eigenvalue weighted by Crippen LogP contribution is 2.33. The number of nitrogens with zero attached hydrogens (tertiary/aromatic N) is 3. The first kappa shape index (κ1) is 22.3. The molecule has 172 valence electrons. The summed E-state index contributed by atoms with van der Waals surface area (Å²) < 4.78 is 5.55. The van der Waals surface area contributed by atoms with E-state index in [0.717, 1.165) is 69.5 Å². The molecule has 3 aliphatic rings. The molecule has 0 aromatic carbocycles. The summed E-state index contributed by atoms with van der Waals surface area (Å²) in [6.07, 6.45) is 10.5. The van der Waals surface area contributed by atoms with Gasteiger partial charge in [0.05, 0.1) is 13.2 Å². The van der Waals surface area contributed by atoms with Crippen molar-refractivity contribution in [1.82, 2.24) is 20.5 Å². The lowest BCUT2D eigenvalue weighted by molar-refractivity contribution is -0.0357. The summed E-state index contributed by atoms with van der Waals surface area (Å²) >= 11 is 0. The van der Waals surface area contributed by atoms with Crippen LogP contribution in [0.4, 0.5) is 10.6 Å². The normalized spacial score (nSPS) is 22.8. The molecule has 3 heterocycles. The van der Waals surface area contributed by atoms with Gasteiger partial charge in [-0.15, -0.1) is 0 Å². The Bertz CT molecular complexity index is 690. The number of anilines is 1. The van der Waals surface area contributed by atoms with Gasteiger partial charge in [-0.2, -0.15) is 0 Å².